The third kappa shape index (κ3) is 5.04. The summed E-state index contributed by atoms with van der Waals surface area (Å²) in [6, 6.07) is 7.28. The van der Waals surface area contributed by atoms with Crippen molar-refractivity contribution in [2.45, 2.75) is 26.0 Å². The van der Waals surface area contributed by atoms with Crippen LogP contribution in [-0.4, -0.2) is 35.6 Å². The maximum atomic E-state index is 12.0. The summed E-state index contributed by atoms with van der Waals surface area (Å²) >= 11 is 0. The molecule has 1 atom stereocenters. The van der Waals surface area contributed by atoms with Crippen LogP contribution < -0.4 is 5.73 Å². The van der Waals surface area contributed by atoms with E-state index in [4.69, 9.17) is 5.73 Å². The van der Waals surface area contributed by atoms with Gasteiger partial charge in [-0.25, -0.2) is 0 Å². The number of halogens is 1. The van der Waals surface area contributed by atoms with Gasteiger partial charge in [0.15, 0.2) is 0 Å². The number of hydrogen-bond acceptors (Lipinski definition) is 3. The van der Waals surface area contributed by atoms with Crippen molar-refractivity contribution in [1.82, 2.24) is 4.90 Å². The number of nitrogens with zero attached hydrogens (tertiary/aromatic N) is 1. The minimum absolute atomic E-state index is 0. The van der Waals surface area contributed by atoms with Gasteiger partial charge in [0.25, 0.3) is 5.91 Å². The van der Waals surface area contributed by atoms with E-state index in [0.717, 1.165) is 5.56 Å². The van der Waals surface area contributed by atoms with E-state index >= 15 is 0 Å². The van der Waals surface area contributed by atoms with Gasteiger partial charge in [0.2, 0.25) is 0 Å². The smallest absolute Gasteiger partial charge is 0.253 e. The molecule has 0 saturated carbocycles. The van der Waals surface area contributed by atoms with Crippen LogP contribution in [0.5, 0.6) is 0 Å². The van der Waals surface area contributed by atoms with E-state index in [0.29, 0.717) is 25.1 Å². The maximum Gasteiger partial charge on any atom is 0.253 e. The monoisotopic (exact) mass is 272 g/mol. The van der Waals surface area contributed by atoms with Crippen LogP contribution in [0.3, 0.4) is 0 Å². The van der Waals surface area contributed by atoms with E-state index in [1.54, 1.807) is 31.0 Å². The Morgan fingerprint density at radius 2 is 1.94 bits per heavy atom. The molecule has 0 aliphatic carbocycles. The lowest BCUT2D eigenvalue weighted by Gasteiger charge is -2.18. The molecule has 0 saturated heterocycles. The van der Waals surface area contributed by atoms with Gasteiger partial charge in [0.05, 0.1) is 6.10 Å². The molecule has 1 rings (SSSR count). The normalized spacial score (nSPS) is 11.6. The van der Waals surface area contributed by atoms with Gasteiger partial charge in [-0.15, -0.1) is 12.4 Å². The van der Waals surface area contributed by atoms with E-state index in [-0.39, 0.29) is 24.4 Å². The van der Waals surface area contributed by atoms with Gasteiger partial charge >= 0.3 is 0 Å². The lowest BCUT2D eigenvalue weighted by atomic mass is 10.1. The number of hydrogen-bond donors (Lipinski definition) is 2. The Morgan fingerprint density at radius 3 is 2.39 bits per heavy atom. The lowest BCUT2D eigenvalue weighted by Crippen LogP contribution is -2.29. The van der Waals surface area contributed by atoms with E-state index in [1.165, 1.54) is 0 Å². The first-order chi connectivity index (χ1) is 8.04. The molecule has 1 aromatic rings. The molecule has 1 amide bonds. The molecule has 0 aromatic heterocycles. The van der Waals surface area contributed by atoms with Crippen LogP contribution in [0.2, 0.25) is 0 Å². The van der Waals surface area contributed by atoms with Crippen molar-refractivity contribution in [3.8, 4) is 0 Å². The van der Waals surface area contributed by atoms with Crippen molar-refractivity contribution < 1.29 is 9.90 Å². The Morgan fingerprint density at radius 1 is 1.39 bits per heavy atom. The lowest BCUT2D eigenvalue weighted by molar-refractivity contribution is 0.0769. The average molecular weight is 273 g/mol. The van der Waals surface area contributed by atoms with Crippen LogP contribution in [0, 0.1) is 0 Å². The molecule has 0 radical (unpaired) electrons. The van der Waals surface area contributed by atoms with Crippen molar-refractivity contribution >= 4 is 18.3 Å². The van der Waals surface area contributed by atoms with Crippen molar-refractivity contribution in [3.63, 3.8) is 0 Å². The highest BCUT2D eigenvalue weighted by Gasteiger charge is 2.11. The summed E-state index contributed by atoms with van der Waals surface area (Å²) in [5, 5.41) is 9.17. The van der Waals surface area contributed by atoms with Crippen molar-refractivity contribution in [1.29, 1.82) is 0 Å². The van der Waals surface area contributed by atoms with Crippen molar-refractivity contribution in [2.75, 3.05) is 13.6 Å². The zero-order valence-corrected chi connectivity index (χ0v) is 11.6. The second-order valence-electron chi connectivity index (χ2n) is 4.27. The second-order valence-corrected chi connectivity index (χ2v) is 4.27. The third-order valence-corrected chi connectivity index (χ3v) is 2.67. The number of nitrogens with two attached hydrogens (primary N) is 1. The molecule has 0 aliphatic heterocycles. The fourth-order valence-electron chi connectivity index (χ4n) is 1.49. The zero-order chi connectivity index (χ0) is 12.8. The fourth-order valence-corrected chi connectivity index (χ4v) is 1.49. The van der Waals surface area contributed by atoms with E-state index in [9.17, 15) is 9.90 Å². The number of aliphatic hydroxyl groups excluding tert-OH is 1. The molecule has 0 heterocycles. The number of benzene rings is 1. The first-order valence-corrected chi connectivity index (χ1v) is 5.77. The molecule has 1 aromatic carbocycles. The zero-order valence-electron chi connectivity index (χ0n) is 10.8. The number of carbonyl (C=O) groups excluding carboxylic acids is 1. The quantitative estimate of drug-likeness (QED) is 0.852. The summed E-state index contributed by atoms with van der Waals surface area (Å²) in [5.74, 6) is -0.0331. The molecule has 1 unspecified atom stereocenters. The number of rotatable bonds is 5. The van der Waals surface area contributed by atoms with E-state index in [1.807, 2.05) is 12.1 Å². The second kappa shape index (κ2) is 8.08. The minimum atomic E-state index is -0.384. The predicted molar refractivity (Wildman–Crippen MR) is 74.8 cm³/mol. The summed E-state index contributed by atoms with van der Waals surface area (Å²) in [6.45, 7) is 2.75. The highest BCUT2D eigenvalue weighted by atomic mass is 35.5. The van der Waals surface area contributed by atoms with Crippen LogP contribution in [-0.2, 0) is 6.54 Å². The topological polar surface area (TPSA) is 66.6 Å². The van der Waals surface area contributed by atoms with E-state index in [2.05, 4.69) is 0 Å². The van der Waals surface area contributed by atoms with Crippen LogP contribution in [0.1, 0.15) is 29.3 Å². The number of aliphatic hydroxyl groups is 1. The maximum absolute atomic E-state index is 12.0. The van der Waals surface area contributed by atoms with Crippen LogP contribution >= 0.6 is 12.4 Å². The van der Waals surface area contributed by atoms with Crippen LogP contribution in [0.4, 0.5) is 0 Å². The Labute approximate surface area is 114 Å². The van der Waals surface area contributed by atoms with Crippen molar-refractivity contribution in [3.05, 3.63) is 35.4 Å². The van der Waals surface area contributed by atoms with Gasteiger partial charge in [-0.05, 0) is 31.0 Å². The molecule has 18 heavy (non-hydrogen) atoms. The molecule has 0 fully saturated rings. The largest absolute Gasteiger partial charge is 0.393 e. The first kappa shape index (κ1) is 16.9. The van der Waals surface area contributed by atoms with Crippen LogP contribution in [0.25, 0.3) is 0 Å². The molecule has 0 aliphatic rings. The third-order valence-electron chi connectivity index (χ3n) is 2.67. The minimum Gasteiger partial charge on any atom is -0.393 e. The van der Waals surface area contributed by atoms with Gasteiger partial charge in [-0.2, -0.15) is 0 Å². The molecule has 0 spiro atoms. The Bertz CT molecular complexity index is 366. The van der Waals surface area contributed by atoms with Gasteiger partial charge in [0.1, 0.15) is 0 Å². The van der Waals surface area contributed by atoms with E-state index < -0.39 is 0 Å². The summed E-state index contributed by atoms with van der Waals surface area (Å²) in [7, 11) is 1.74. The molecule has 4 nitrogen and oxygen atoms in total. The van der Waals surface area contributed by atoms with Crippen LogP contribution in [0.15, 0.2) is 24.3 Å². The standard InChI is InChI=1S/C13H20N2O2.ClH/c1-10(16)7-8-15(2)13(17)12-5-3-11(9-14)4-6-12;/h3-6,10,16H,7-9,14H2,1-2H3;1H. The summed E-state index contributed by atoms with van der Waals surface area (Å²) in [6.07, 6.45) is 0.202. The Hall–Kier alpha value is -1.10. The highest BCUT2D eigenvalue weighted by molar-refractivity contribution is 5.94. The molecule has 102 valence electrons. The Kier molecular flexibility index (Phi) is 7.59. The summed E-state index contributed by atoms with van der Waals surface area (Å²) in [5.41, 5.74) is 7.15. The van der Waals surface area contributed by atoms with Gasteiger partial charge < -0.3 is 15.7 Å². The molecular formula is C13H21ClN2O2. The average Bonchev–Trinajstić information content (AvgIpc) is 2.35. The van der Waals surface area contributed by atoms with Gasteiger partial charge in [-0.1, -0.05) is 12.1 Å². The summed E-state index contributed by atoms with van der Waals surface area (Å²) < 4.78 is 0. The fraction of sp³-hybridized carbons (Fsp3) is 0.462. The van der Waals surface area contributed by atoms with Gasteiger partial charge in [0, 0.05) is 25.7 Å². The number of carbonyl (C=O) groups is 1. The SMILES string of the molecule is CC(O)CCN(C)C(=O)c1ccc(CN)cc1.Cl. The molecule has 5 heteroatoms. The summed E-state index contributed by atoms with van der Waals surface area (Å²) in [4.78, 5) is 13.6. The predicted octanol–water partition coefficient (Wildman–Crippen LogP) is 1.41. The van der Waals surface area contributed by atoms with Gasteiger partial charge in [-0.3, -0.25) is 4.79 Å². The first-order valence-electron chi connectivity index (χ1n) is 5.77. The highest BCUT2D eigenvalue weighted by Crippen LogP contribution is 2.07. The molecule has 0 bridgehead atoms. The number of amides is 1. The Balaban J connectivity index is 0.00000289. The molecule has 3 N–H and O–H groups in total. The van der Waals surface area contributed by atoms with Crippen molar-refractivity contribution in [2.24, 2.45) is 5.73 Å². The molecular weight excluding hydrogens is 252 g/mol.